The van der Waals surface area contributed by atoms with Gasteiger partial charge in [0.25, 0.3) is 0 Å². The highest BCUT2D eigenvalue weighted by Crippen LogP contribution is 2.58. The summed E-state index contributed by atoms with van der Waals surface area (Å²) in [5.41, 5.74) is -1.03. The zero-order valence-corrected chi connectivity index (χ0v) is 18.9. The summed E-state index contributed by atoms with van der Waals surface area (Å²) in [6.45, 7) is -0.0415. The highest BCUT2D eigenvalue weighted by atomic mass is 32.2. The molecule has 1 aromatic heterocycles. The van der Waals surface area contributed by atoms with E-state index in [1.165, 1.54) is 28.7 Å². The molecule has 1 saturated carbocycles. The second-order valence-electron chi connectivity index (χ2n) is 9.06. The largest absolute Gasteiger partial charge is 0.503 e. The predicted molar refractivity (Wildman–Crippen MR) is 122 cm³/mol. The lowest BCUT2D eigenvalue weighted by molar-refractivity contribution is -0.139. The molecular weight excluding hydrogens is 478 g/mol. The van der Waals surface area contributed by atoms with Crippen molar-refractivity contribution in [3.8, 4) is 5.75 Å². The van der Waals surface area contributed by atoms with E-state index in [1.54, 1.807) is 5.01 Å². The highest BCUT2D eigenvalue weighted by molar-refractivity contribution is 7.98. The van der Waals surface area contributed by atoms with Crippen molar-refractivity contribution >= 4 is 23.5 Å². The fraction of sp³-hybridized carbons (Fsp3) is 0.240. The highest BCUT2D eigenvalue weighted by Gasteiger charge is 2.67. The Kier molecular flexibility index (Phi) is 4.63. The summed E-state index contributed by atoms with van der Waals surface area (Å²) in [6, 6.07) is 10.3. The molecule has 3 unspecified atom stereocenters. The van der Waals surface area contributed by atoms with E-state index in [0.717, 1.165) is 22.6 Å². The smallest absolute Gasteiger partial charge is 0.307 e. The van der Waals surface area contributed by atoms with Crippen LogP contribution in [0.3, 0.4) is 0 Å². The number of thioether (sulfide) groups is 1. The summed E-state index contributed by atoms with van der Waals surface area (Å²) in [5.74, 6) is -5.28. The SMILES string of the molecule is O=C(O)C1CC12CN(C1c3ccccc3SCc3c1ccc(F)c3F)n1ccc(=O)c(O)c1C2=O. The van der Waals surface area contributed by atoms with Crippen LogP contribution in [0.4, 0.5) is 8.78 Å². The average Bonchev–Trinajstić information content (AvgIpc) is 3.59. The molecule has 6 rings (SSSR count). The lowest BCUT2D eigenvalue weighted by atomic mass is 9.88. The van der Waals surface area contributed by atoms with Crippen LogP contribution in [0, 0.1) is 23.0 Å². The summed E-state index contributed by atoms with van der Waals surface area (Å²) in [7, 11) is 0. The molecule has 0 bridgehead atoms. The molecule has 2 aliphatic heterocycles. The van der Waals surface area contributed by atoms with Gasteiger partial charge in [-0.1, -0.05) is 24.3 Å². The molecule has 7 nitrogen and oxygen atoms in total. The van der Waals surface area contributed by atoms with Gasteiger partial charge in [-0.25, -0.2) is 8.78 Å². The van der Waals surface area contributed by atoms with E-state index in [1.807, 2.05) is 24.3 Å². The fourth-order valence-corrected chi connectivity index (χ4v) is 6.49. The van der Waals surface area contributed by atoms with Gasteiger partial charge in [0, 0.05) is 35.0 Å². The first kappa shape index (κ1) is 21.8. The summed E-state index contributed by atoms with van der Waals surface area (Å²) < 4.78 is 30.6. The molecule has 3 aromatic rings. The number of halogens is 2. The molecule has 0 saturated heterocycles. The zero-order chi connectivity index (χ0) is 24.6. The number of aliphatic carboxylic acids is 1. The normalized spacial score (nSPS) is 24.4. The minimum Gasteiger partial charge on any atom is -0.503 e. The van der Waals surface area contributed by atoms with Gasteiger partial charge in [0.1, 0.15) is 0 Å². The maximum absolute atomic E-state index is 15.0. The van der Waals surface area contributed by atoms with Crippen molar-refractivity contribution in [2.45, 2.75) is 23.1 Å². The van der Waals surface area contributed by atoms with Crippen molar-refractivity contribution in [1.29, 1.82) is 0 Å². The Morgan fingerprint density at radius 2 is 1.86 bits per heavy atom. The number of hydrogen-bond acceptors (Lipinski definition) is 6. The van der Waals surface area contributed by atoms with Gasteiger partial charge in [0.15, 0.2) is 28.9 Å². The topological polar surface area (TPSA) is 99.8 Å². The van der Waals surface area contributed by atoms with Gasteiger partial charge >= 0.3 is 5.97 Å². The van der Waals surface area contributed by atoms with E-state index in [0.29, 0.717) is 5.56 Å². The second-order valence-corrected chi connectivity index (χ2v) is 10.1. The number of benzene rings is 2. The van der Waals surface area contributed by atoms with Gasteiger partial charge in [-0.3, -0.25) is 24.1 Å². The number of pyridine rings is 1. The molecule has 0 amide bonds. The number of carboxylic acids is 1. The first-order valence-electron chi connectivity index (χ1n) is 10.9. The third-order valence-corrected chi connectivity index (χ3v) is 8.34. The molecule has 1 spiro atoms. The number of aromatic nitrogens is 1. The Labute approximate surface area is 201 Å². The molecular formula is C25H18F2N2O5S. The maximum atomic E-state index is 15.0. The van der Waals surface area contributed by atoms with Gasteiger partial charge in [0.05, 0.1) is 17.4 Å². The van der Waals surface area contributed by atoms with E-state index in [4.69, 9.17) is 0 Å². The Balaban J connectivity index is 1.64. The summed E-state index contributed by atoms with van der Waals surface area (Å²) >= 11 is 1.35. The predicted octanol–water partition coefficient (Wildman–Crippen LogP) is 3.45. The Morgan fingerprint density at radius 3 is 2.60 bits per heavy atom. The lowest BCUT2D eigenvalue weighted by Gasteiger charge is -2.43. The van der Waals surface area contributed by atoms with E-state index >= 15 is 4.39 Å². The molecule has 10 heteroatoms. The van der Waals surface area contributed by atoms with E-state index in [-0.39, 0.29) is 30.0 Å². The van der Waals surface area contributed by atoms with Crippen molar-refractivity contribution in [2.75, 3.05) is 11.6 Å². The van der Waals surface area contributed by atoms with Crippen LogP contribution in [0.2, 0.25) is 0 Å². The van der Waals surface area contributed by atoms with Gasteiger partial charge < -0.3 is 10.2 Å². The van der Waals surface area contributed by atoms with Crippen LogP contribution in [0.15, 0.2) is 58.4 Å². The second kappa shape index (κ2) is 7.42. The molecule has 35 heavy (non-hydrogen) atoms. The molecule has 1 fully saturated rings. The molecule has 1 aliphatic carbocycles. The van der Waals surface area contributed by atoms with Crippen LogP contribution in [0.1, 0.15) is 39.6 Å². The third kappa shape index (κ3) is 2.99. The van der Waals surface area contributed by atoms with Gasteiger partial charge in [-0.2, -0.15) is 0 Å². The van der Waals surface area contributed by atoms with Gasteiger partial charge in [0.2, 0.25) is 5.43 Å². The standard InChI is InChI=1S/C25H18F2N2O5S/c26-16-6-5-12-14(19(16)27)10-35-18-4-2-1-3-13(18)20(12)29-11-25(9-15(25)24(33)34)23(32)21-22(31)17(30)7-8-28(21)29/h1-8,15,20,31H,9-11H2,(H,33,34). The number of fused-ring (bicyclic) bond motifs is 3. The van der Waals surface area contributed by atoms with Crippen LogP contribution < -0.4 is 10.4 Å². The van der Waals surface area contributed by atoms with Crippen LogP contribution in [0.5, 0.6) is 5.75 Å². The molecule has 2 N–H and O–H groups in total. The van der Waals surface area contributed by atoms with Crippen LogP contribution >= 0.6 is 11.8 Å². The zero-order valence-electron chi connectivity index (χ0n) is 18.1. The number of ketones is 1. The molecule has 3 aliphatic rings. The Hall–Kier alpha value is -3.66. The summed E-state index contributed by atoms with van der Waals surface area (Å²) in [6.07, 6.45) is 1.40. The quantitative estimate of drug-likeness (QED) is 0.561. The number of carbonyl (C=O) groups is 2. The first-order valence-corrected chi connectivity index (χ1v) is 11.9. The van der Waals surface area contributed by atoms with Crippen molar-refractivity contribution in [3.63, 3.8) is 0 Å². The molecule has 0 radical (unpaired) electrons. The van der Waals surface area contributed by atoms with Gasteiger partial charge in [-0.05, 0) is 29.7 Å². The first-order chi connectivity index (χ1) is 16.7. The minimum atomic E-state index is -1.34. The third-order valence-electron chi connectivity index (χ3n) is 7.23. The number of carboxylic acid groups (broad SMARTS) is 1. The molecule has 3 atom stereocenters. The minimum absolute atomic E-state index is 0.0415. The van der Waals surface area contributed by atoms with E-state index < -0.39 is 51.9 Å². The molecule has 178 valence electrons. The van der Waals surface area contributed by atoms with E-state index in [2.05, 4.69) is 0 Å². The van der Waals surface area contributed by atoms with Crippen molar-refractivity contribution in [1.82, 2.24) is 4.68 Å². The summed E-state index contributed by atoms with van der Waals surface area (Å²) in [5, 5.41) is 22.0. The number of carbonyl (C=O) groups excluding carboxylic acids is 1. The van der Waals surface area contributed by atoms with E-state index in [9.17, 15) is 29.0 Å². The van der Waals surface area contributed by atoms with Crippen LogP contribution in [-0.2, 0) is 10.5 Å². The number of hydrogen-bond donors (Lipinski definition) is 2. The molecule has 3 heterocycles. The number of aromatic hydroxyl groups is 1. The summed E-state index contributed by atoms with van der Waals surface area (Å²) in [4.78, 5) is 38.4. The maximum Gasteiger partial charge on any atom is 0.307 e. The number of nitrogens with zero attached hydrogens (tertiary/aromatic N) is 2. The Bertz CT molecular complexity index is 1510. The fourth-order valence-electron chi connectivity index (χ4n) is 5.37. The van der Waals surface area contributed by atoms with Crippen molar-refractivity contribution < 1.29 is 28.6 Å². The van der Waals surface area contributed by atoms with Crippen molar-refractivity contribution in [3.05, 3.63) is 92.9 Å². The van der Waals surface area contributed by atoms with Crippen LogP contribution in [-0.4, -0.2) is 33.2 Å². The number of rotatable bonds is 2. The van der Waals surface area contributed by atoms with Gasteiger partial charge in [-0.15, -0.1) is 11.8 Å². The van der Waals surface area contributed by atoms with Crippen molar-refractivity contribution in [2.24, 2.45) is 11.3 Å². The number of Topliss-reactive ketones (excluding diaryl/α,β-unsaturated/α-hetero) is 1. The monoisotopic (exact) mass is 496 g/mol. The Morgan fingerprint density at radius 1 is 1.09 bits per heavy atom. The van der Waals surface area contributed by atoms with Crippen LogP contribution in [0.25, 0.3) is 0 Å². The molecule has 2 aromatic carbocycles. The lowest BCUT2D eigenvalue weighted by Crippen LogP contribution is -2.52. The average molecular weight is 496 g/mol.